The molecule has 0 saturated carbocycles. The summed E-state index contributed by atoms with van der Waals surface area (Å²) in [6, 6.07) is 14.1. The van der Waals surface area contributed by atoms with E-state index in [1.54, 1.807) is 42.5 Å². The van der Waals surface area contributed by atoms with Gasteiger partial charge in [0.05, 0.1) is 17.2 Å². The van der Waals surface area contributed by atoms with Gasteiger partial charge >= 0.3 is 5.97 Å². The SMILES string of the molecule is Cc1ccc(C(=O)OCc2cccc(C#N)c2)cc1N. The molecular weight excluding hydrogens is 252 g/mol. The molecule has 2 aromatic carbocycles. The zero-order chi connectivity index (χ0) is 14.5. The monoisotopic (exact) mass is 266 g/mol. The van der Waals surface area contributed by atoms with Crippen molar-refractivity contribution in [3.05, 3.63) is 64.7 Å². The van der Waals surface area contributed by atoms with E-state index in [1.807, 2.05) is 13.0 Å². The van der Waals surface area contributed by atoms with Gasteiger partial charge in [-0.15, -0.1) is 0 Å². The standard InChI is InChI=1S/C16H14N2O2/c1-11-5-6-14(8-15(11)18)16(19)20-10-13-4-2-3-12(7-13)9-17/h2-8H,10,18H2,1H3. The van der Waals surface area contributed by atoms with Crippen LogP contribution >= 0.6 is 0 Å². The number of hydrogen-bond acceptors (Lipinski definition) is 4. The molecule has 2 N–H and O–H groups in total. The van der Waals surface area contributed by atoms with Gasteiger partial charge in [0.1, 0.15) is 6.61 Å². The molecule has 4 nitrogen and oxygen atoms in total. The molecule has 0 saturated heterocycles. The molecule has 0 unspecified atom stereocenters. The second-order valence-electron chi connectivity index (χ2n) is 4.46. The summed E-state index contributed by atoms with van der Waals surface area (Å²) in [6.07, 6.45) is 0. The number of nitrogens with two attached hydrogens (primary N) is 1. The van der Waals surface area contributed by atoms with Crippen LogP contribution in [0.4, 0.5) is 5.69 Å². The third-order valence-electron chi connectivity index (χ3n) is 2.94. The first-order chi connectivity index (χ1) is 9.60. The maximum atomic E-state index is 11.9. The molecule has 0 atom stereocenters. The maximum Gasteiger partial charge on any atom is 0.338 e. The highest BCUT2D eigenvalue weighted by molar-refractivity contribution is 5.90. The highest BCUT2D eigenvalue weighted by atomic mass is 16.5. The van der Waals surface area contributed by atoms with Gasteiger partial charge in [0.2, 0.25) is 0 Å². The van der Waals surface area contributed by atoms with E-state index in [1.165, 1.54) is 0 Å². The van der Waals surface area contributed by atoms with Crippen LogP contribution < -0.4 is 5.73 Å². The third kappa shape index (κ3) is 3.15. The van der Waals surface area contributed by atoms with E-state index in [0.29, 0.717) is 16.8 Å². The summed E-state index contributed by atoms with van der Waals surface area (Å²) in [4.78, 5) is 11.9. The number of carbonyl (C=O) groups is 1. The molecule has 4 heteroatoms. The fraction of sp³-hybridized carbons (Fsp3) is 0.125. The van der Waals surface area contributed by atoms with Gasteiger partial charge in [0.15, 0.2) is 0 Å². The van der Waals surface area contributed by atoms with E-state index in [9.17, 15) is 4.79 Å². The van der Waals surface area contributed by atoms with Gasteiger partial charge in [-0.3, -0.25) is 0 Å². The van der Waals surface area contributed by atoms with Crippen LogP contribution in [0, 0.1) is 18.3 Å². The van der Waals surface area contributed by atoms with Crippen LogP contribution in [0.1, 0.15) is 27.0 Å². The Morgan fingerprint density at radius 1 is 1.30 bits per heavy atom. The molecule has 0 aliphatic rings. The molecule has 20 heavy (non-hydrogen) atoms. The molecule has 0 heterocycles. The predicted octanol–water partition coefficient (Wildman–Crippen LogP) is 2.81. The molecule has 0 aliphatic carbocycles. The van der Waals surface area contributed by atoms with Crippen LogP contribution in [0.3, 0.4) is 0 Å². The maximum absolute atomic E-state index is 11.9. The Labute approximate surface area is 117 Å². The summed E-state index contributed by atoms with van der Waals surface area (Å²) in [5, 5.41) is 8.80. The van der Waals surface area contributed by atoms with E-state index in [0.717, 1.165) is 11.1 Å². The van der Waals surface area contributed by atoms with Crippen LogP contribution in [0.25, 0.3) is 0 Å². The molecule has 0 spiro atoms. The lowest BCUT2D eigenvalue weighted by molar-refractivity contribution is 0.0473. The number of hydrogen-bond donors (Lipinski definition) is 1. The van der Waals surface area contributed by atoms with E-state index in [-0.39, 0.29) is 6.61 Å². The summed E-state index contributed by atoms with van der Waals surface area (Å²) < 4.78 is 5.20. The number of aryl methyl sites for hydroxylation is 1. The van der Waals surface area contributed by atoms with E-state index < -0.39 is 5.97 Å². The fourth-order valence-corrected chi connectivity index (χ4v) is 1.73. The van der Waals surface area contributed by atoms with Gasteiger partial charge < -0.3 is 10.5 Å². The summed E-state index contributed by atoms with van der Waals surface area (Å²) in [5.74, 6) is -0.431. The lowest BCUT2D eigenvalue weighted by Gasteiger charge is -2.07. The number of benzene rings is 2. The average molecular weight is 266 g/mol. The molecule has 0 radical (unpaired) electrons. The number of nitriles is 1. The molecule has 2 rings (SSSR count). The first-order valence-electron chi connectivity index (χ1n) is 6.12. The van der Waals surface area contributed by atoms with E-state index in [4.69, 9.17) is 15.7 Å². The molecule has 0 aromatic heterocycles. The number of nitrogen functional groups attached to an aromatic ring is 1. The minimum Gasteiger partial charge on any atom is -0.457 e. The van der Waals surface area contributed by atoms with Crippen LogP contribution in [-0.2, 0) is 11.3 Å². The smallest absolute Gasteiger partial charge is 0.338 e. The summed E-state index contributed by atoms with van der Waals surface area (Å²) in [6.45, 7) is 2.00. The van der Waals surface area contributed by atoms with Crippen molar-refractivity contribution in [2.24, 2.45) is 0 Å². The lowest BCUT2D eigenvalue weighted by atomic mass is 10.1. The molecule has 2 aromatic rings. The van der Waals surface area contributed by atoms with Crippen molar-refractivity contribution in [3.63, 3.8) is 0 Å². The summed E-state index contributed by atoms with van der Waals surface area (Å²) in [7, 11) is 0. The van der Waals surface area contributed by atoms with Crippen molar-refractivity contribution in [2.45, 2.75) is 13.5 Å². The van der Waals surface area contributed by atoms with Gasteiger partial charge in [-0.1, -0.05) is 18.2 Å². The third-order valence-corrected chi connectivity index (χ3v) is 2.94. The number of carbonyl (C=O) groups excluding carboxylic acids is 1. The summed E-state index contributed by atoms with van der Waals surface area (Å²) in [5.41, 5.74) is 8.98. The minimum absolute atomic E-state index is 0.127. The number of esters is 1. The van der Waals surface area contributed by atoms with Crippen molar-refractivity contribution < 1.29 is 9.53 Å². The second-order valence-corrected chi connectivity index (χ2v) is 4.46. The first kappa shape index (κ1) is 13.6. The predicted molar refractivity (Wildman–Crippen MR) is 75.9 cm³/mol. The first-order valence-corrected chi connectivity index (χ1v) is 6.12. The van der Waals surface area contributed by atoms with Crippen LogP contribution in [0.5, 0.6) is 0 Å². The van der Waals surface area contributed by atoms with Gasteiger partial charge in [0.25, 0.3) is 0 Å². The Bertz CT molecular complexity index is 687. The Morgan fingerprint density at radius 2 is 2.10 bits per heavy atom. The van der Waals surface area contributed by atoms with Crippen LogP contribution in [0.2, 0.25) is 0 Å². The molecular formula is C16H14N2O2. The van der Waals surface area contributed by atoms with E-state index in [2.05, 4.69) is 0 Å². The molecule has 0 bridgehead atoms. The number of rotatable bonds is 3. The quantitative estimate of drug-likeness (QED) is 0.684. The normalized spacial score (nSPS) is 9.80. The zero-order valence-corrected chi connectivity index (χ0v) is 11.1. The number of nitrogens with zero attached hydrogens (tertiary/aromatic N) is 1. The highest BCUT2D eigenvalue weighted by Crippen LogP contribution is 2.14. The molecule has 0 amide bonds. The highest BCUT2D eigenvalue weighted by Gasteiger charge is 2.08. The fourth-order valence-electron chi connectivity index (χ4n) is 1.73. The van der Waals surface area contributed by atoms with Gasteiger partial charge in [-0.05, 0) is 42.3 Å². The Hall–Kier alpha value is -2.80. The van der Waals surface area contributed by atoms with Gasteiger partial charge in [0, 0.05) is 5.69 Å². The topological polar surface area (TPSA) is 76.1 Å². The zero-order valence-electron chi connectivity index (χ0n) is 11.1. The average Bonchev–Trinajstić information content (AvgIpc) is 2.47. The van der Waals surface area contributed by atoms with Crippen LogP contribution in [0.15, 0.2) is 42.5 Å². The number of anilines is 1. The molecule has 100 valence electrons. The van der Waals surface area contributed by atoms with Crippen LogP contribution in [-0.4, -0.2) is 5.97 Å². The van der Waals surface area contributed by atoms with Crippen molar-refractivity contribution in [3.8, 4) is 6.07 Å². The van der Waals surface area contributed by atoms with Gasteiger partial charge in [-0.2, -0.15) is 5.26 Å². The van der Waals surface area contributed by atoms with Crippen molar-refractivity contribution >= 4 is 11.7 Å². The number of ether oxygens (including phenoxy) is 1. The Kier molecular flexibility index (Phi) is 4.02. The summed E-state index contributed by atoms with van der Waals surface area (Å²) >= 11 is 0. The van der Waals surface area contributed by atoms with E-state index >= 15 is 0 Å². The minimum atomic E-state index is -0.431. The van der Waals surface area contributed by atoms with Crippen molar-refractivity contribution in [1.29, 1.82) is 5.26 Å². The second kappa shape index (κ2) is 5.89. The lowest BCUT2D eigenvalue weighted by Crippen LogP contribution is -2.06. The molecule has 0 fully saturated rings. The Morgan fingerprint density at radius 3 is 2.80 bits per heavy atom. The largest absolute Gasteiger partial charge is 0.457 e. The van der Waals surface area contributed by atoms with Crippen molar-refractivity contribution in [2.75, 3.05) is 5.73 Å². The van der Waals surface area contributed by atoms with Gasteiger partial charge in [-0.25, -0.2) is 4.79 Å². The van der Waals surface area contributed by atoms with Crippen molar-refractivity contribution in [1.82, 2.24) is 0 Å². The molecule has 0 aliphatic heterocycles. The Balaban J connectivity index is 2.05.